The molecule has 0 spiro atoms. The molecular formula is C14H12FN3OS. The van der Waals surface area contributed by atoms with E-state index in [1.165, 1.54) is 12.1 Å². The number of thiocarbonyl (C=S) groups is 1. The van der Waals surface area contributed by atoms with Crippen molar-refractivity contribution in [3.8, 4) is 0 Å². The quantitative estimate of drug-likeness (QED) is 0.760. The number of anilines is 2. The number of nitrogens with one attached hydrogen (secondary N) is 2. The summed E-state index contributed by atoms with van der Waals surface area (Å²) in [6.07, 6.45) is 0. The third kappa shape index (κ3) is 3.76. The SMILES string of the molecule is NC(=O)c1cccc(NC(=S)Nc2ccc(F)cc2)c1. The van der Waals surface area contributed by atoms with E-state index in [9.17, 15) is 9.18 Å². The van der Waals surface area contributed by atoms with Crippen molar-refractivity contribution in [1.29, 1.82) is 0 Å². The van der Waals surface area contributed by atoms with Crippen LogP contribution in [0.15, 0.2) is 48.5 Å². The zero-order chi connectivity index (χ0) is 14.5. The van der Waals surface area contributed by atoms with Gasteiger partial charge >= 0.3 is 0 Å². The number of carbonyl (C=O) groups excluding carboxylic acids is 1. The molecule has 0 bridgehead atoms. The molecule has 102 valence electrons. The number of halogens is 1. The Bertz CT molecular complexity index is 643. The second kappa shape index (κ2) is 6.12. The van der Waals surface area contributed by atoms with Gasteiger partial charge in [-0.25, -0.2) is 4.39 Å². The summed E-state index contributed by atoms with van der Waals surface area (Å²) in [6, 6.07) is 12.5. The van der Waals surface area contributed by atoms with E-state index in [0.717, 1.165) is 0 Å². The molecule has 0 unspecified atom stereocenters. The van der Waals surface area contributed by atoms with Crippen LogP contribution in [0.2, 0.25) is 0 Å². The number of benzene rings is 2. The van der Waals surface area contributed by atoms with Crippen LogP contribution in [0, 0.1) is 5.82 Å². The Morgan fingerprint density at radius 3 is 2.35 bits per heavy atom. The van der Waals surface area contributed by atoms with Crippen LogP contribution < -0.4 is 16.4 Å². The third-order valence-electron chi connectivity index (χ3n) is 2.51. The highest BCUT2D eigenvalue weighted by molar-refractivity contribution is 7.80. The summed E-state index contributed by atoms with van der Waals surface area (Å²) in [6.45, 7) is 0. The molecule has 6 heteroatoms. The minimum Gasteiger partial charge on any atom is -0.366 e. The van der Waals surface area contributed by atoms with Crippen LogP contribution in [-0.4, -0.2) is 11.0 Å². The van der Waals surface area contributed by atoms with Gasteiger partial charge in [-0.3, -0.25) is 4.79 Å². The topological polar surface area (TPSA) is 67.2 Å². The van der Waals surface area contributed by atoms with E-state index in [2.05, 4.69) is 10.6 Å². The lowest BCUT2D eigenvalue weighted by Crippen LogP contribution is -2.19. The van der Waals surface area contributed by atoms with Gasteiger partial charge in [0.15, 0.2) is 5.11 Å². The van der Waals surface area contributed by atoms with E-state index in [4.69, 9.17) is 18.0 Å². The molecule has 0 radical (unpaired) electrons. The van der Waals surface area contributed by atoms with Crippen LogP contribution >= 0.6 is 12.2 Å². The van der Waals surface area contributed by atoms with E-state index in [1.54, 1.807) is 36.4 Å². The highest BCUT2D eigenvalue weighted by atomic mass is 32.1. The molecular weight excluding hydrogens is 277 g/mol. The molecule has 0 aliphatic heterocycles. The van der Waals surface area contributed by atoms with Gasteiger partial charge in [0.2, 0.25) is 5.91 Å². The highest BCUT2D eigenvalue weighted by Gasteiger charge is 2.03. The van der Waals surface area contributed by atoms with Crippen LogP contribution in [0.4, 0.5) is 15.8 Å². The first-order valence-corrected chi connectivity index (χ1v) is 6.19. The molecule has 20 heavy (non-hydrogen) atoms. The lowest BCUT2D eigenvalue weighted by molar-refractivity contribution is 0.100. The van der Waals surface area contributed by atoms with Crippen LogP contribution in [0.1, 0.15) is 10.4 Å². The van der Waals surface area contributed by atoms with Gasteiger partial charge in [0, 0.05) is 16.9 Å². The highest BCUT2D eigenvalue weighted by Crippen LogP contribution is 2.12. The minimum absolute atomic E-state index is 0.316. The van der Waals surface area contributed by atoms with Gasteiger partial charge in [0.05, 0.1) is 0 Å². The first kappa shape index (κ1) is 14.0. The summed E-state index contributed by atoms with van der Waals surface area (Å²) in [4.78, 5) is 11.1. The third-order valence-corrected chi connectivity index (χ3v) is 2.71. The second-order valence-electron chi connectivity index (χ2n) is 4.03. The minimum atomic E-state index is -0.508. The molecule has 0 heterocycles. The van der Waals surface area contributed by atoms with Crippen molar-refractivity contribution >= 4 is 34.6 Å². The molecule has 0 aromatic heterocycles. The van der Waals surface area contributed by atoms with E-state index in [-0.39, 0.29) is 5.82 Å². The van der Waals surface area contributed by atoms with Gasteiger partial charge in [-0.15, -0.1) is 0 Å². The predicted molar refractivity (Wildman–Crippen MR) is 81.2 cm³/mol. The van der Waals surface area contributed by atoms with E-state index >= 15 is 0 Å². The van der Waals surface area contributed by atoms with Crippen LogP contribution in [-0.2, 0) is 0 Å². The standard InChI is InChI=1S/C14H12FN3OS/c15-10-4-6-11(7-5-10)17-14(20)18-12-3-1-2-9(8-12)13(16)19/h1-8H,(H2,16,19)(H2,17,18,20). The molecule has 0 saturated heterocycles. The number of rotatable bonds is 3. The Morgan fingerprint density at radius 2 is 1.70 bits per heavy atom. The Hall–Kier alpha value is -2.47. The normalized spacial score (nSPS) is 9.85. The molecule has 4 nitrogen and oxygen atoms in total. The molecule has 0 aliphatic rings. The molecule has 2 rings (SSSR count). The van der Waals surface area contributed by atoms with Crippen molar-refractivity contribution in [2.24, 2.45) is 5.73 Å². The van der Waals surface area contributed by atoms with Crippen molar-refractivity contribution in [3.05, 3.63) is 59.9 Å². The van der Waals surface area contributed by atoms with Gasteiger partial charge in [-0.2, -0.15) is 0 Å². The predicted octanol–water partition coefficient (Wildman–Crippen LogP) is 2.73. The molecule has 4 N–H and O–H groups in total. The number of carbonyl (C=O) groups is 1. The molecule has 1 amide bonds. The lowest BCUT2D eigenvalue weighted by Gasteiger charge is -2.11. The Balaban J connectivity index is 2.02. The van der Waals surface area contributed by atoms with E-state index in [1.807, 2.05) is 0 Å². The fraction of sp³-hybridized carbons (Fsp3) is 0. The Labute approximate surface area is 120 Å². The number of nitrogens with two attached hydrogens (primary N) is 1. The summed E-state index contributed by atoms with van der Waals surface area (Å²) in [5.41, 5.74) is 6.89. The summed E-state index contributed by atoms with van der Waals surface area (Å²) >= 11 is 5.13. The van der Waals surface area contributed by atoms with Crippen LogP contribution in [0.3, 0.4) is 0 Å². The first-order chi connectivity index (χ1) is 9.54. The van der Waals surface area contributed by atoms with Gasteiger partial charge < -0.3 is 16.4 Å². The second-order valence-corrected chi connectivity index (χ2v) is 4.44. The number of hydrogen-bond acceptors (Lipinski definition) is 2. The number of hydrogen-bond donors (Lipinski definition) is 3. The van der Waals surface area contributed by atoms with Crippen LogP contribution in [0.5, 0.6) is 0 Å². The molecule has 2 aromatic carbocycles. The van der Waals surface area contributed by atoms with Gasteiger partial charge in [0.25, 0.3) is 0 Å². The van der Waals surface area contributed by atoms with Crippen molar-refractivity contribution in [2.75, 3.05) is 10.6 Å². The van der Waals surface area contributed by atoms with Crippen molar-refractivity contribution in [1.82, 2.24) is 0 Å². The van der Waals surface area contributed by atoms with Crippen molar-refractivity contribution < 1.29 is 9.18 Å². The maximum atomic E-state index is 12.8. The fourth-order valence-electron chi connectivity index (χ4n) is 1.58. The van der Waals surface area contributed by atoms with Crippen molar-refractivity contribution in [3.63, 3.8) is 0 Å². The van der Waals surface area contributed by atoms with E-state index < -0.39 is 5.91 Å². The molecule has 2 aromatic rings. The van der Waals surface area contributed by atoms with Gasteiger partial charge in [0.1, 0.15) is 5.82 Å². The smallest absolute Gasteiger partial charge is 0.248 e. The fourth-order valence-corrected chi connectivity index (χ4v) is 1.81. The average Bonchev–Trinajstić information content (AvgIpc) is 2.41. The van der Waals surface area contributed by atoms with Gasteiger partial charge in [-0.05, 0) is 54.7 Å². The zero-order valence-electron chi connectivity index (χ0n) is 10.4. The lowest BCUT2D eigenvalue weighted by atomic mass is 10.2. The zero-order valence-corrected chi connectivity index (χ0v) is 11.2. The largest absolute Gasteiger partial charge is 0.366 e. The summed E-state index contributed by atoms with van der Waals surface area (Å²) in [7, 11) is 0. The summed E-state index contributed by atoms with van der Waals surface area (Å²) in [5.74, 6) is -0.824. The number of primary amides is 1. The van der Waals surface area contributed by atoms with E-state index in [0.29, 0.717) is 22.1 Å². The molecule has 0 saturated carbocycles. The Morgan fingerprint density at radius 1 is 1.05 bits per heavy atom. The van der Waals surface area contributed by atoms with Gasteiger partial charge in [-0.1, -0.05) is 6.07 Å². The van der Waals surface area contributed by atoms with Crippen molar-refractivity contribution in [2.45, 2.75) is 0 Å². The maximum absolute atomic E-state index is 12.8. The first-order valence-electron chi connectivity index (χ1n) is 5.78. The summed E-state index contributed by atoms with van der Waals surface area (Å²) < 4.78 is 12.8. The molecule has 0 atom stereocenters. The number of amides is 1. The average molecular weight is 289 g/mol. The van der Waals surface area contributed by atoms with Crippen LogP contribution in [0.25, 0.3) is 0 Å². The maximum Gasteiger partial charge on any atom is 0.248 e. The Kier molecular flexibility index (Phi) is 4.27. The molecule has 0 aliphatic carbocycles. The summed E-state index contributed by atoms with van der Waals surface area (Å²) in [5, 5.41) is 6.15. The monoisotopic (exact) mass is 289 g/mol. The molecule has 0 fully saturated rings.